The predicted octanol–water partition coefficient (Wildman–Crippen LogP) is 3.28. The number of phenolic OH excluding ortho intramolecular Hbond substituents is 1. The topological polar surface area (TPSA) is 108 Å². The molecule has 7 heteroatoms. The van der Waals surface area contributed by atoms with E-state index in [1.807, 2.05) is 57.7 Å². The van der Waals surface area contributed by atoms with E-state index in [2.05, 4.69) is 10.6 Å². The second-order valence-electron chi connectivity index (χ2n) is 6.85. The van der Waals surface area contributed by atoms with E-state index in [0.717, 1.165) is 33.8 Å². The normalized spacial score (nSPS) is 10.3. The molecule has 0 aromatic heterocycles. The molecule has 2 aromatic rings. The highest BCUT2D eigenvalue weighted by molar-refractivity contribution is 5.80. The number of phenols is 1. The Balaban J connectivity index is 0.00000218. The van der Waals surface area contributed by atoms with Crippen LogP contribution in [0.2, 0.25) is 0 Å². The Bertz CT molecular complexity index is 767. The molecule has 6 N–H and O–H groups in total. The van der Waals surface area contributed by atoms with Gasteiger partial charge in [-0.1, -0.05) is 13.8 Å². The van der Waals surface area contributed by atoms with Crippen LogP contribution in [0, 0.1) is 20.8 Å². The number of nitrogens with one attached hydrogen (secondary N) is 2. The quantitative estimate of drug-likeness (QED) is 0.328. The molecule has 0 radical (unpaired) electrons. The number of benzene rings is 2. The summed E-state index contributed by atoms with van der Waals surface area (Å²) in [6.07, 6.45) is 0. The van der Waals surface area contributed by atoms with Crippen molar-refractivity contribution in [2.45, 2.75) is 34.6 Å². The fourth-order valence-corrected chi connectivity index (χ4v) is 3.20. The van der Waals surface area contributed by atoms with Crippen LogP contribution in [-0.4, -0.2) is 59.9 Å². The molecule has 2 rings (SSSR count). The van der Waals surface area contributed by atoms with Crippen molar-refractivity contribution in [1.82, 2.24) is 0 Å². The van der Waals surface area contributed by atoms with Crippen molar-refractivity contribution in [3.63, 3.8) is 0 Å². The molecule has 0 unspecified atom stereocenters. The maximum atomic E-state index is 10.0. The van der Waals surface area contributed by atoms with Crippen LogP contribution >= 0.6 is 0 Å². The molecule has 0 aliphatic heterocycles. The molecule has 0 fully saturated rings. The molecule has 0 amide bonds. The van der Waals surface area contributed by atoms with Crippen molar-refractivity contribution in [2.75, 3.05) is 55.0 Å². The Morgan fingerprint density at radius 2 is 1.33 bits per heavy atom. The van der Waals surface area contributed by atoms with Crippen LogP contribution in [0.3, 0.4) is 0 Å². The third-order valence-electron chi connectivity index (χ3n) is 4.65. The molecule has 0 atom stereocenters. The second-order valence-corrected chi connectivity index (χ2v) is 6.85. The first-order chi connectivity index (χ1) is 14.4. The third kappa shape index (κ3) is 6.79. The van der Waals surface area contributed by atoms with E-state index in [-0.39, 0.29) is 25.6 Å². The fraction of sp³-hybridized carbons (Fsp3) is 0.478. The fourth-order valence-electron chi connectivity index (χ4n) is 3.20. The van der Waals surface area contributed by atoms with Gasteiger partial charge in [0.25, 0.3) is 0 Å². The standard InChI is InChI=1S/C21H31N3O4.C2H6/c1-14-12-19(18(13-20(14)28)22-4-7-25)23-21-15(2)10-17(11-16(21)3)24(5-8-26)6-9-27;1-2/h10-13,22-23,25-28H,4-9H2,1-3H3;1-2H3. The average Bonchev–Trinajstić information content (AvgIpc) is 2.73. The van der Waals surface area contributed by atoms with Crippen LogP contribution in [0.4, 0.5) is 22.7 Å². The number of rotatable bonds is 10. The van der Waals surface area contributed by atoms with Gasteiger partial charge >= 0.3 is 0 Å². The number of aryl methyl sites for hydroxylation is 3. The van der Waals surface area contributed by atoms with Gasteiger partial charge in [0.2, 0.25) is 0 Å². The van der Waals surface area contributed by atoms with Crippen molar-refractivity contribution in [3.8, 4) is 5.75 Å². The van der Waals surface area contributed by atoms with Crippen LogP contribution in [0.5, 0.6) is 5.75 Å². The number of aliphatic hydroxyl groups is 3. The molecule has 0 heterocycles. The summed E-state index contributed by atoms with van der Waals surface area (Å²) in [4.78, 5) is 1.95. The van der Waals surface area contributed by atoms with Gasteiger partial charge in [0.15, 0.2) is 0 Å². The van der Waals surface area contributed by atoms with Gasteiger partial charge in [0.05, 0.1) is 31.2 Å². The van der Waals surface area contributed by atoms with Gasteiger partial charge in [-0.15, -0.1) is 0 Å². The number of aromatic hydroxyl groups is 1. The first-order valence-corrected chi connectivity index (χ1v) is 10.4. The van der Waals surface area contributed by atoms with Gasteiger partial charge < -0.3 is 36.0 Å². The Kier molecular flexibility index (Phi) is 11.0. The first-order valence-electron chi connectivity index (χ1n) is 10.4. The Morgan fingerprint density at radius 3 is 1.83 bits per heavy atom. The van der Waals surface area contributed by atoms with Crippen LogP contribution in [0.1, 0.15) is 30.5 Å². The Morgan fingerprint density at radius 1 is 0.767 bits per heavy atom. The second kappa shape index (κ2) is 13.0. The van der Waals surface area contributed by atoms with Crippen LogP contribution < -0.4 is 15.5 Å². The number of hydrogen-bond acceptors (Lipinski definition) is 7. The molecule has 0 spiro atoms. The van der Waals surface area contributed by atoms with Gasteiger partial charge in [-0.2, -0.15) is 0 Å². The molecule has 0 saturated carbocycles. The summed E-state index contributed by atoms with van der Waals surface area (Å²) in [6, 6.07) is 7.56. The van der Waals surface area contributed by atoms with Crippen molar-refractivity contribution in [2.24, 2.45) is 0 Å². The SMILES string of the molecule is CC.Cc1cc(Nc2c(C)cc(N(CCO)CCO)cc2C)c(NCCO)cc1O. The third-order valence-corrected chi connectivity index (χ3v) is 4.65. The molecule has 0 saturated heterocycles. The monoisotopic (exact) mass is 419 g/mol. The Labute approximate surface area is 180 Å². The highest BCUT2D eigenvalue weighted by atomic mass is 16.3. The molecular weight excluding hydrogens is 382 g/mol. The lowest BCUT2D eigenvalue weighted by Gasteiger charge is -2.25. The largest absolute Gasteiger partial charge is 0.508 e. The predicted molar refractivity (Wildman–Crippen MR) is 125 cm³/mol. The van der Waals surface area contributed by atoms with E-state index in [1.54, 1.807) is 6.07 Å². The lowest BCUT2D eigenvalue weighted by Crippen LogP contribution is -2.29. The van der Waals surface area contributed by atoms with Gasteiger partial charge in [-0.25, -0.2) is 0 Å². The zero-order valence-electron chi connectivity index (χ0n) is 18.8. The molecule has 2 aromatic carbocycles. The average molecular weight is 420 g/mol. The first kappa shape index (κ1) is 25.6. The van der Waals surface area contributed by atoms with Crippen molar-refractivity contribution < 1.29 is 20.4 Å². The molecule has 0 aliphatic carbocycles. The highest BCUT2D eigenvalue weighted by Gasteiger charge is 2.13. The van der Waals surface area contributed by atoms with Crippen molar-refractivity contribution in [3.05, 3.63) is 41.0 Å². The molecule has 0 aliphatic rings. The van der Waals surface area contributed by atoms with Crippen molar-refractivity contribution >= 4 is 22.7 Å². The summed E-state index contributed by atoms with van der Waals surface area (Å²) in [5.74, 6) is 0.193. The van der Waals surface area contributed by atoms with E-state index in [1.165, 1.54) is 0 Å². The van der Waals surface area contributed by atoms with E-state index >= 15 is 0 Å². The zero-order chi connectivity index (χ0) is 22.7. The van der Waals surface area contributed by atoms with E-state index in [4.69, 9.17) is 5.11 Å². The van der Waals surface area contributed by atoms with Crippen LogP contribution in [-0.2, 0) is 0 Å². The van der Waals surface area contributed by atoms with Gasteiger partial charge in [0, 0.05) is 37.1 Å². The summed E-state index contributed by atoms with van der Waals surface area (Å²) in [5, 5.41) is 44.2. The molecule has 7 nitrogen and oxygen atoms in total. The minimum Gasteiger partial charge on any atom is -0.508 e. The van der Waals surface area contributed by atoms with Crippen LogP contribution in [0.15, 0.2) is 24.3 Å². The summed E-state index contributed by atoms with van der Waals surface area (Å²) in [7, 11) is 0. The smallest absolute Gasteiger partial charge is 0.120 e. The summed E-state index contributed by atoms with van der Waals surface area (Å²) in [6.45, 7) is 11.2. The van der Waals surface area contributed by atoms with Crippen LogP contribution in [0.25, 0.3) is 0 Å². The molecule has 30 heavy (non-hydrogen) atoms. The lowest BCUT2D eigenvalue weighted by atomic mass is 10.1. The number of hydrogen-bond donors (Lipinski definition) is 6. The van der Waals surface area contributed by atoms with E-state index < -0.39 is 0 Å². The minimum absolute atomic E-state index is 0.00756. The number of aliphatic hydroxyl groups excluding tert-OH is 3. The molecule has 0 bridgehead atoms. The minimum atomic E-state index is -0.00756. The highest BCUT2D eigenvalue weighted by Crippen LogP contribution is 2.35. The van der Waals surface area contributed by atoms with Gasteiger partial charge in [-0.3, -0.25) is 0 Å². The lowest BCUT2D eigenvalue weighted by molar-refractivity contribution is 0.281. The number of nitrogens with zero attached hydrogens (tertiary/aromatic N) is 1. The number of anilines is 4. The maximum absolute atomic E-state index is 10.0. The van der Waals surface area contributed by atoms with E-state index in [0.29, 0.717) is 25.3 Å². The summed E-state index contributed by atoms with van der Waals surface area (Å²) >= 11 is 0. The Hall–Kier alpha value is -2.48. The zero-order valence-corrected chi connectivity index (χ0v) is 18.8. The van der Waals surface area contributed by atoms with Gasteiger partial charge in [-0.05, 0) is 55.7 Å². The van der Waals surface area contributed by atoms with Crippen molar-refractivity contribution in [1.29, 1.82) is 0 Å². The molecule has 168 valence electrons. The summed E-state index contributed by atoms with van der Waals surface area (Å²) < 4.78 is 0. The van der Waals surface area contributed by atoms with E-state index in [9.17, 15) is 15.3 Å². The maximum Gasteiger partial charge on any atom is 0.120 e. The summed E-state index contributed by atoms with van der Waals surface area (Å²) in [5.41, 5.74) is 6.22. The van der Waals surface area contributed by atoms with Gasteiger partial charge in [0.1, 0.15) is 5.75 Å². The molecular formula is C23H37N3O4.